The van der Waals surface area contributed by atoms with E-state index in [0.29, 0.717) is 11.5 Å². The number of rotatable bonds is 5. The van der Waals surface area contributed by atoms with Crippen LogP contribution in [-0.2, 0) is 6.61 Å². The normalized spacial score (nSPS) is 19.8. The van der Waals surface area contributed by atoms with Gasteiger partial charge < -0.3 is 20.2 Å². The topological polar surface area (TPSA) is 77.5 Å². The maximum atomic E-state index is 12.2. The first-order valence-corrected chi connectivity index (χ1v) is 8.93. The summed E-state index contributed by atoms with van der Waals surface area (Å²) in [5, 5.41) is 3.02. The van der Waals surface area contributed by atoms with Gasteiger partial charge >= 0.3 is 0 Å². The fourth-order valence-electron chi connectivity index (χ4n) is 2.81. The highest BCUT2D eigenvalue weighted by Gasteiger charge is 2.21. The number of carbonyl (C=O) groups excluding carboxylic acids is 1. The second kappa shape index (κ2) is 9.27. The number of nitrogens with two attached hydrogens (primary N) is 1. The Hall–Kier alpha value is -1.50. The molecule has 3 N–H and O–H groups in total. The third-order valence-electron chi connectivity index (χ3n) is 4.17. The summed E-state index contributed by atoms with van der Waals surface area (Å²) in [6.07, 6.45) is 3.75. The zero-order valence-corrected chi connectivity index (χ0v) is 16.1. The van der Waals surface area contributed by atoms with Gasteiger partial charge in [0.05, 0.1) is 0 Å². The van der Waals surface area contributed by atoms with Gasteiger partial charge in [0, 0.05) is 16.6 Å². The van der Waals surface area contributed by atoms with Crippen LogP contribution in [0.4, 0.5) is 0 Å². The number of hydrogen-bond donors (Lipinski definition) is 2. The number of ether oxygens (including phenoxy) is 1. The van der Waals surface area contributed by atoms with Crippen molar-refractivity contribution >= 4 is 34.2 Å². The van der Waals surface area contributed by atoms with E-state index in [2.05, 4.69) is 21.2 Å². The molecule has 1 saturated carbocycles. The molecule has 1 amide bonds. The van der Waals surface area contributed by atoms with Crippen LogP contribution in [0.1, 0.15) is 42.0 Å². The van der Waals surface area contributed by atoms with Gasteiger partial charge in [-0.25, -0.2) is 0 Å². The van der Waals surface area contributed by atoms with E-state index in [9.17, 15) is 4.79 Å². The number of furan rings is 1. The van der Waals surface area contributed by atoms with E-state index in [-0.39, 0.29) is 37.0 Å². The highest BCUT2D eigenvalue weighted by Crippen LogP contribution is 2.20. The van der Waals surface area contributed by atoms with E-state index >= 15 is 0 Å². The van der Waals surface area contributed by atoms with E-state index in [4.69, 9.17) is 14.9 Å². The van der Waals surface area contributed by atoms with Gasteiger partial charge in [-0.1, -0.05) is 22.0 Å². The Morgan fingerprint density at radius 2 is 2.00 bits per heavy atom. The molecule has 0 spiro atoms. The van der Waals surface area contributed by atoms with E-state index in [1.54, 1.807) is 12.1 Å². The SMILES string of the molecule is Cl.NC1CCC(NC(=O)c2ccc(COc3cccc(Br)c3)o2)CC1. The Morgan fingerprint density at radius 1 is 1.24 bits per heavy atom. The maximum absolute atomic E-state index is 12.2. The number of amides is 1. The molecule has 5 nitrogen and oxygen atoms in total. The molecule has 25 heavy (non-hydrogen) atoms. The second-order valence-electron chi connectivity index (χ2n) is 6.10. The fourth-order valence-corrected chi connectivity index (χ4v) is 3.19. The molecule has 0 saturated heterocycles. The van der Waals surface area contributed by atoms with Crippen molar-refractivity contribution in [3.63, 3.8) is 0 Å². The summed E-state index contributed by atoms with van der Waals surface area (Å²) in [4.78, 5) is 12.2. The molecule has 1 aliphatic carbocycles. The predicted octanol–water partition coefficient (Wildman–Crippen LogP) is 4.04. The van der Waals surface area contributed by atoms with Crippen LogP contribution < -0.4 is 15.8 Å². The van der Waals surface area contributed by atoms with E-state index < -0.39 is 0 Å². The van der Waals surface area contributed by atoms with E-state index in [0.717, 1.165) is 35.9 Å². The lowest BCUT2D eigenvalue weighted by Crippen LogP contribution is -2.40. The molecule has 1 fully saturated rings. The fraction of sp³-hybridized carbons (Fsp3) is 0.389. The molecule has 1 aliphatic rings. The number of halogens is 2. The van der Waals surface area contributed by atoms with Gasteiger partial charge in [0.1, 0.15) is 18.1 Å². The largest absolute Gasteiger partial charge is 0.486 e. The molecule has 0 unspecified atom stereocenters. The zero-order valence-electron chi connectivity index (χ0n) is 13.7. The van der Waals surface area contributed by atoms with Crippen LogP contribution in [0.25, 0.3) is 0 Å². The first kappa shape index (κ1) is 19.8. The predicted molar refractivity (Wildman–Crippen MR) is 102 cm³/mol. The summed E-state index contributed by atoms with van der Waals surface area (Å²) in [6, 6.07) is 11.5. The highest BCUT2D eigenvalue weighted by molar-refractivity contribution is 9.10. The standard InChI is InChI=1S/C18H21BrN2O3.ClH/c19-12-2-1-3-15(10-12)23-11-16-8-9-17(24-16)18(22)21-14-6-4-13(20)5-7-14;/h1-3,8-10,13-14H,4-7,11,20H2,(H,21,22);1H. The van der Waals surface area contributed by atoms with Gasteiger partial charge in [-0.05, 0) is 56.0 Å². The third kappa shape index (κ3) is 5.76. The Balaban J connectivity index is 0.00000225. The average Bonchev–Trinajstić information content (AvgIpc) is 3.04. The lowest BCUT2D eigenvalue weighted by atomic mass is 9.92. The molecular formula is C18H22BrClN2O3. The van der Waals surface area contributed by atoms with Gasteiger partial charge in [0.15, 0.2) is 5.76 Å². The van der Waals surface area contributed by atoms with Crippen molar-refractivity contribution < 1.29 is 13.9 Å². The van der Waals surface area contributed by atoms with E-state index in [1.165, 1.54) is 0 Å². The third-order valence-corrected chi connectivity index (χ3v) is 4.66. The molecular weight excluding hydrogens is 408 g/mol. The first-order chi connectivity index (χ1) is 11.6. The monoisotopic (exact) mass is 428 g/mol. The molecule has 1 aromatic heterocycles. The van der Waals surface area contributed by atoms with Crippen LogP contribution in [0.3, 0.4) is 0 Å². The van der Waals surface area contributed by atoms with Gasteiger partial charge in [0.25, 0.3) is 5.91 Å². The molecule has 136 valence electrons. The number of benzene rings is 1. The van der Waals surface area contributed by atoms with Crippen molar-refractivity contribution in [2.24, 2.45) is 5.73 Å². The molecule has 1 heterocycles. The van der Waals surface area contributed by atoms with Crippen LogP contribution in [0, 0.1) is 0 Å². The van der Waals surface area contributed by atoms with Crippen molar-refractivity contribution in [3.8, 4) is 5.75 Å². The molecule has 7 heteroatoms. The van der Waals surface area contributed by atoms with E-state index in [1.807, 2.05) is 24.3 Å². The smallest absolute Gasteiger partial charge is 0.287 e. The van der Waals surface area contributed by atoms with Crippen LogP contribution in [0.2, 0.25) is 0 Å². The average molecular weight is 430 g/mol. The van der Waals surface area contributed by atoms with Gasteiger partial charge in [-0.2, -0.15) is 0 Å². The molecule has 0 radical (unpaired) electrons. The minimum Gasteiger partial charge on any atom is -0.486 e. The second-order valence-corrected chi connectivity index (χ2v) is 7.01. The maximum Gasteiger partial charge on any atom is 0.287 e. The zero-order chi connectivity index (χ0) is 16.9. The van der Waals surface area contributed by atoms with Crippen molar-refractivity contribution in [1.82, 2.24) is 5.32 Å². The molecule has 3 rings (SSSR count). The number of hydrogen-bond acceptors (Lipinski definition) is 4. The summed E-state index contributed by atoms with van der Waals surface area (Å²) in [6.45, 7) is 0.280. The summed E-state index contributed by atoms with van der Waals surface area (Å²) in [5.41, 5.74) is 5.88. The molecule has 0 atom stereocenters. The molecule has 0 aliphatic heterocycles. The highest BCUT2D eigenvalue weighted by atomic mass is 79.9. The van der Waals surface area contributed by atoms with Gasteiger partial charge in [0.2, 0.25) is 0 Å². The molecule has 0 bridgehead atoms. The minimum absolute atomic E-state index is 0. The number of nitrogens with one attached hydrogen (secondary N) is 1. The summed E-state index contributed by atoms with van der Waals surface area (Å²) >= 11 is 3.40. The van der Waals surface area contributed by atoms with Crippen LogP contribution in [0.5, 0.6) is 5.75 Å². The van der Waals surface area contributed by atoms with Crippen molar-refractivity contribution in [1.29, 1.82) is 0 Å². The van der Waals surface area contributed by atoms with Crippen molar-refractivity contribution in [2.45, 2.75) is 44.4 Å². The van der Waals surface area contributed by atoms with Gasteiger partial charge in [-0.3, -0.25) is 4.79 Å². The minimum atomic E-state index is -0.177. The summed E-state index contributed by atoms with van der Waals surface area (Å²) in [5.74, 6) is 1.50. The van der Waals surface area contributed by atoms with Gasteiger partial charge in [-0.15, -0.1) is 12.4 Å². The summed E-state index contributed by atoms with van der Waals surface area (Å²) < 4.78 is 12.2. The lowest BCUT2D eigenvalue weighted by molar-refractivity contribution is 0.0893. The number of carbonyl (C=O) groups is 1. The Kier molecular flexibility index (Phi) is 7.35. The van der Waals surface area contributed by atoms with Crippen molar-refractivity contribution in [3.05, 3.63) is 52.4 Å². The van der Waals surface area contributed by atoms with Crippen LogP contribution in [-0.4, -0.2) is 18.0 Å². The van der Waals surface area contributed by atoms with Crippen molar-refractivity contribution in [2.75, 3.05) is 0 Å². The first-order valence-electron chi connectivity index (χ1n) is 8.13. The van der Waals surface area contributed by atoms with Crippen LogP contribution in [0.15, 0.2) is 45.3 Å². The van der Waals surface area contributed by atoms with Crippen LogP contribution >= 0.6 is 28.3 Å². The molecule has 1 aromatic carbocycles. The Bertz CT molecular complexity index is 699. The Labute approximate surface area is 161 Å². The lowest BCUT2D eigenvalue weighted by Gasteiger charge is -2.26. The summed E-state index contributed by atoms with van der Waals surface area (Å²) in [7, 11) is 0. The molecule has 2 aromatic rings. The Morgan fingerprint density at radius 3 is 2.72 bits per heavy atom. The quantitative estimate of drug-likeness (QED) is 0.752.